The number of hydrogen-bond acceptors (Lipinski definition) is 5. The zero-order chi connectivity index (χ0) is 17.0. The predicted molar refractivity (Wildman–Crippen MR) is 84.6 cm³/mol. The minimum absolute atomic E-state index is 0.00166. The van der Waals surface area contributed by atoms with E-state index in [0.717, 1.165) is 0 Å². The van der Waals surface area contributed by atoms with Crippen LogP contribution in [0.4, 0.5) is 11.4 Å². The lowest BCUT2D eigenvalue weighted by molar-refractivity contribution is -0.386. The van der Waals surface area contributed by atoms with Gasteiger partial charge in [-0.2, -0.15) is 5.10 Å². The zero-order valence-electron chi connectivity index (χ0n) is 13.2. The quantitative estimate of drug-likeness (QED) is 0.651. The fourth-order valence-corrected chi connectivity index (χ4v) is 2.30. The molecule has 23 heavy (non-hydrogen) atoms. The van der Waals surface area contributed by atoms with Crippen LogP contribution >= 0.6 is 0 Å². The lowest BCUT2D eigenvalue weighted by Gasteiger charge is -2.07. The molecule has 1 heterocycles. The fourth-order valence-electron chi connectivity index (χ4n) is 2.30. The molecule has 0 spiro atoms. The van der Waals surface area contributed by atoms with E-state index in [1.54, 1.807) is 45.2 Å². The molecule has 2 aromatic rings. The monoisotopic (exact) mass is 318 g/mol. The summed E-state index contributed by atoms with van der Waals surface area (Å²) in [7, 11) is 1.55. The van der Waals surface area contributed by atoms with Gasteiger partial charge in [-0.3, -0.25) is 19.6 Å². The van der Waals surface area contributed by atoms with E-state index in [-0.39, 0.29) is 24.6 Å². The first kappa shape index (κ1) is 16.5. The molecule has 1 N–H and O–H groups in total. The van der Waals surface area contributed by atoms with E-state index in [9.17, 15) is 14.9 Å². The van der Waals surface area contributed by atoms with Crippen molar-refractivity contribution in [3.8, 4) is 5.75 Å². The van der Waals surface area contributed by atoms with Gasteiger partial charge in [-0.25, -0.2) is 0 Å². The molecule has 122 valence electrons. The number of nitrogens with one attached hydrogen (secondary N) is 1. The number of anilines is 1. The first-order valence-corrected chi connectivity index (χ1v) is 7.04. The Morgan fingerprint density at radius 1 is 1.43 bits per heavy atom. The number of nitro groups is 1. The Morgan fingerprint density at radius 2 is 2.17 bits per heavy atom. The minimum Gasteiger partial charge on any atom is -0.497 e. The van der Waals surface area contributed by atoms with Crippen LogP contribution in [0.2, 0.25) is 0 Å². The van der Waals surface area contributed by atoms with Gasteiger partial charge in [-0.1, -0.05) is 6.07 Å². The second-order valence-corrected chi connectivity index (χ2v) is 5.03. The van der Waals surface area contributed by atoms with Gasteiger partial charge in [0.25, 0.3) is 0 Å². The summed E-state index contributed by atoms with van der Waals surface area (Å²) in [6, 6.07) is 7.03. The summed E-state index contributed by atoms with van der Waals surface area (Å²) in [5, 5.41) is 17.8. The highest BCUT2D eigenvalue weighted by molar-refractivity contribution is 5.90. The topological polar surface area (TPSA) is 99.3 Å². The summed E-state index contributed by atoms with van der Waals surface area (Å²) >= 11 is 0. The van der Waals surface area contributed by atoms with Gasteiger partial charge in [-0.05, 0) is 26.0 Å². The average Bonchev–Trinajstić information content (AvgIpc) is 2.79. The van der Waals surface area contributed by atoms with Gasteiger partial charge in [0.2, 0.25) is 5.91 Å². The van der Waals surface area contributed by atoms with E-state index in [1.807, 2.05) is 0 Å². The number of aromatic nitrogens is 2. The summed E-state index contributed by atoms with van der Waals surface area (Å²) < 4.78 is 6.58. The largest absolute Gasteiger partial charge is 0.497 e. The Kier molecular flexibility index (Phi) is 4.95. The molecular formula is C15H18N4O4. The van der Waals surface area contributed by atoms with Crippen LogP contribution in [-0.2, 0) is 11.3 Å². The highest BCUT2D eigenvalue weighted by Crippen LogP contribution is 2.22. The van der Waals surface area contributed by atoms with Crippen molar-refractivity contribution in [2.75, 3.05) is 12.4 Å². The number of carbonyl (C=O) groups is 1. The van der Waals surface area contributed by atoms with Gasteiger partial charge >= 0.3 is 5.69 Å². The first-order chi connectivity index (χ1) is 10.9. The molecule has 0 saturated carbocycles. The molecule has 0 aliphatic heterocycles. The maximum absolute atomic E-state index is 12.0. The van der Waals surface area contributed by atoms with Crippen LogP contribution < -0.4 is 10.1 Å². The van der Waals surface area contributed by atoms with Crippen molar-refractivity contribution >= 4 is 17.3 Å². The van der Waals surface area contributed by atoms with Crippen LogP contribution in [0.5, 0.6) is 5.75 Å². The number of ether oxygens (including phenoxy) is 1. The highest BCUT2D eigenvalue weighted by atomic mass is 16.6. The third kappa shape index (κ3) is 3.85. The van der Waals surface area contributed by atoms with Crippen LogP contribution in [0.25, 0.3) is 0 Å². The van der Waals surface area contributed by atoms with E-state index in [2.05, 4.69) is 10.4 Å². The van der Waals surface area contributed by atoms with Crippen LogP contribution in [0, 0.1) is 24.0 Å². The Morgan fingerprint density at radius 3 is 2.78 bits per heavy atom. The normalized spacial score (nSPS) is 10.4. The van der Waals surface area contributed by atoms with Crippen molar-refractivity contribution in [2.45, 2.75) is 26.8 Å². The molecule has 2 rings (SSSR count). The third-order valence-electron chi connectivity index (χ3n) is 3.43. The SMILES string of the molecule is COc1cccc(NC(=O)CCn2nc(C)c([N+](=O)[O-])c2C)c1. The van der Waals surface area contributed by atoms with Gasteiger partial charge in [0.05, 0.1) is 18.6 Å². The van der Waals surface area contributed by atoms with Crippen LogP contribution in [-0.4, -0.2) is 27.7 Å². The third-order valence-corrected chi connectivity index (χ3v) is 3.43. The highest BCUT2D eigenvalue weighted by Gasteiger charge is 2.21. The van der Waals surface area contributed by atoms with E-state index >= 15 is 0 Å². The molecule has 0 aliphatic rings. The van der Waals surface area contributed by atoms with Gasteiger partial charge in [0.15, 0.2) is 0 Å². The van der Waals surface area contributed by atoms with E-state index in [4.69, 9.17) is 4.74 Å². The lowest BCUT2D eigenvalue weighted by atomic mass is 10.3. The number of carbonyl (C=O) groups excluding carboxylic acids is 1. The molecule has 1 aromatic heterocycles. The van der Waals surface area contributed by atoms with E-state index in [0.29, 0.717) is 22.8 Å². The van der Waals surface area contributed by atoms with E-state index < -0.39 is 4.92 Å². The second kappa shape index (κ2) is 6.91. The molecule has 1 aromatic carbocycles. The molecule has 0 fully saturated rings. The Labute approximate surface area is 133 Å². The molecule has 1 amide bonds. The molecule has 0 radical (unpaired) electrons. The molecule has 0 bridgehead atoms. The number of nitrogens with zero attached hydrogens (tertiary/aromatic N) is 3. The molecule has 8 nitrogen and oxygen atoms in total. The van der Waals surface area contributed by atoms with E-state index in [1.165, 1.54) is 4.68 Å². The molecule has 0 atom stereocenters. The van der Waals surface area contributed by atoms with Gasteiger partial charge in [-0.15, -0.1) is 0 Å². The Balaban J connectivity index is 1.99. The molecule has 0 saturated heterocycles. The fraction of sp³-hybridized carbons (Fsp3) is 0.333. The summed E-state index contributed by atoms with van der Waals surface area (Å²) in [5.41, 5.74) is 1.43. The second-order valence-electron chi connectivity index (χ2n) is 5.03. The van der Waals surface area contributed by atoms with Crippen LogP contribution in [0.1, 0.15) is 17.8 Å². The summed E-state index contributed by atoms with van der Waals surface area (Å²) in [4.78, 5) is 22.5. The van der Waals surface area contributed by atoms with Crippen LogP contribution in [0.3, 0.4) is 0 Å². The van der Waals surface area contributed by atoms with Crippen molar-refractivity contribution < 1.29 is 14.5 Å². The minimum atomic E-state index is -0.454. The summed E-state index contributed by atoms with van der Waals surface area (Å²) in [6.07, 6.45) is 0.163. The number of aryl methyl sites for hydroxylation is 2. The zero-order valence-corrected chi connectivity index (χ0v) is 13.2. The maximum Gasteiger partial charge on any atom is 0.312 e. The molecule has 0 aliphatic carbocycles. The van der Waals surface area contributed by atoms with Gasteiger partial charge in [0.1, 0.15) is 17.1 Å². The smallest absolute Gasteiger partial charge is 0.312 e. The number of methoxy groups -OCH3 is 1. The van der Waals surface area contributed by atoms with Crippen molar-refractivity contribution in [3.05, 3.63) is 45.8 Å². The molecule has 8 heteroatoms. The number of hydrogen-bond donors (Lipinski definition) is 1. The Hall–Kier alpha value is -2.90. The lowest BCUT2D eigenvalue weighted by Crippen LogP contribution is -2.15. The van der Waals surface area contributed by atoms with Crippen molar-refractivity contribution in [3.63, 3.8) is 0 Å². The molecular weight excluding hydrogens is 300 g/mol. The summed E-state index contributed by atoms with van der Waals surface area (Å²) in [5.74, 6) is 0.449. The first-order valence-electron chi connectivity index (χ1n) is 7.04. The number of benzene rings is 1. The van der Waals surface area contributed by atoms with Crippen molar-refractivity contribution in [1.29, 1.82) is 0 Å². The van der Waals surface area contributed by atoms with Gasteiger partial charge < -0.3 is 10.1 Å². The van der Waals surface area contributed by atoms with Crippen molar-refractivity contribution in [1.82, 2.24) is 9.78 Å². The number of rotatable bonds is 6. The van der Waals surface area contributed by atoms with Crippen LogP contribution in [0.15, 0.2) is 24.3 Å². The average molecular weight is 318 g/mol. The molecule has 0 unspecified atom stereocenters. The number of amides is 1. The summed E-state index contributed by atoms with van der Waals surface area (Å²) in [6.45, 7) is 3.48. The standard InChI is InChI=1S/C15H18N4O4/c1-10-15(19(21)22)11(2)18(17-10)8-7-14(20)16-12-5-4-6-13(9-12)23-3/h4-6,9H,7-8H2,1-3H3,(H,16,20). The van der Waals surface area contributed by atoms with Gasteiger partial charge in [0, 0.05) is 18.2 Å². The maximum atomic E-state index is 12.0. The predicted octanol–water partition coefficient (Wildman–Crippen LogP) is 2.45. The van der Waals surface area contributed by atoms with Crippen molar-refractivity contribution in [2.24, 2.45) is 0 Å². The Bertz CT molecular complexity index is 739.